The summed E-state index contributed by atoms with van der Waals surface area (Å²) in [5.74, 6) is 0.655. The van der Waals surface area contributed by atoms with E-state index in [-0.39, 0.29) is 18.1 Å². The standard InChI is InChI=1S/C13H17N3O2/c1-14-12-6-8(4-5-15-12)13(17)16-10-7-9-2-3-11(10)18-9/h4-6,9-11H,2-3,7H2,1H3,(H,14,15)(H,16,17). The molecule has 2 aliphatic rings. The molecule has 3 heterocycles. The maximum Gasteiger partial charge on any atom is 0.251 e. The maximum atomic E-state index is 12.1. The quantitative estimate of drug-likeness (QED) is 0.841. The third kappa shape index (κ3) is 2.06. The number of anilines is 1. The maximum absolute atomic E-state index is 12.1. The van der Waals surface area contributed by atoms with Gasteiger partial charge in [0.05, 0.1) is 18.2 Å². The van der Waals surface area contributed by atoms with Gasteiger partial charge in [-0.05, 0) is 31.4 Å². The second kappa shape index (κ2) is 4.57. The van der Waals surface area contributed by atoms with Gasteiger partial charge in [0.25, 0.3) is 5.91 Å². The van der Waals surface area contributed by atoms with E-state index in [4.69, 9.17) is 4.74 Å². The van der Waals surface area contributed by atoms with Crippen molar-refractivity contribution >= 4 is 11.7 Å². The van der Waals surface area contributed by atoms with Crippen LogP contribution in [-0.2, 0) is 4.74 Å². The molecule has 0 spiro atoms. The van der Waals surface area contributed by atoms with Gasteiger partial charge in [0, 0.05) is 18.8 Å². The van der Waals surface area contributed by atoms with Crippen LogP contribution in [0.1, 0.15) is 29.6 Å². The second-order valence-corrected chi connectivity index (χ2v) is 4.87. The summed E-state index contributed by atoms with van der Waals surface area (Å²) in [6.07, 6.45) is 5.35. The molecule has 5 heteroatoms. The third-order valence-corrected chi connectivity index (χ3v) is 3.70. The van der Waals surface area contributed by atoms with Crippen molar-refractivity contribution in [3.05, 3.63) is 23.9 Å². The molecule has 3 rings (SSSR count). The number of fused-ring (bicyclic) bond motifs is 2. The van der Waals surface area contributed by atoms with Crippen LogP contribution >= 0.6 is 0 Å². The highest BCUT2D eigenvalue weighted by molar-refractivity contribution is 5.95. The van der Waals surface area contributed by atoms with Crippen LogP contribution in [0.15, 0.2) is 18.3 Å². The van der Waals surface area contributed by atoms with Gasteiger partial charge in [-0.25, -0.2) is 4.98 Å². The van der Waals surface area contributed by atoms with Crippen LogP contribution < -0.4 is 10.6 Å². The summed E-state index contributed by atoms with van der Waals surface area (Å²) >= 11 is 0. The molecule has 96 valence electrons. The predicted molar refractivity (Wildman–Crippen MR) is 67.5 cm³/mol. The van der Waals surface area contributed by atoms with E-state index in [2.05, 4.69) is 15.6 Å². The van der Waals surface area contributed by atoms with E-state index in [1.54, 1.807) is 25.4 Å². The fraction of sp³-hybridized carbons (Fsp3) is 0.538. The van der Waals surface area contributed by atoms with Gasteiger partial charge in [0.1, 0.15) is 5.82 Å². The zero-order valence-corrected chi connectivity index (χ0v) is 10.3. The molecule has 2 bridgehead atoms. The van der Waals surface area contributed by atoms with Crippen molar-refractivity contribution in [3.8, 4) is 0 Å². The monoisotopic (exact) mass is 247 g/mol. The lowest BCUT2D eigenvalue weighted by molar-refractivity contribution is 0.0841. The number of ether oxygens (including phenoxy) is 1. The van der Waals surface area contributed by atoms with E-state index in [9.17, 15) is 4.79 Å². The summed E-state index contributed by atoms with van der Waals surface area (Å²) < 4.78 is 5.73. The summed E-state index contributed by atoms with van der Waals surface area (Å²) in [6.45, 7) is 0. The van der Waals surface area contributed by atoms with Gasteiger partial charge in [0.15, 0.2) is 0 Å². The number of nitrogens with zero attached hydrogens (tertiary/aromatic N) is 1. The number of nitrogens with one attached hydrogen (secondary N) is 2. The van der Waals surface area contributed by atoms with Gasteiger partial charge < -0.3 is 15.4 Å². The molecule has 0 saturated carbocycles. The fourth-order valence-electron chi connectivity index (χ4n) is 2.75. The van der Waals surface area contributed by atoms with Crippen LogP contribution in [0.25, 0.3) is 0 Å². The fourth-order valence-corrected chi connectivity index (χ4v) is 2.75. The topological polar surface area (TPSA) is 63.2 Å². The number of hydrogen-bond donors (Lipinski definition) is 2. The number of carbonyl (C=O) groups excluding carboxylic acids is 1. The Morgan fingerprint density at radius 2 is 2.39 bits per heavy atom. The molecule has 0 aromatic carbocycles. The highest BCUT2D eigenvalue weighted by Crippen LogP contribution is 2.34. The van der Waals surface area contributed by atoms with E-state index in [1.807, 2.05) is 0 Å². The summed E-state index contributed by atoms with van der Waals surface area (Å²) in [6, 6.07) is 3.65. The molecule has 2 fully saturated rings. The highest BCUT2D eigenvalue weighted by atomic mass is 16.5. The molecular formula is C13H17N3O2. The molecule has 0 radical (unpaired) electrons. The SMILES string of the molecule is CNc1cc(C(=O)NC2CC3CCC2O3)ccn1. The van der Waals surface area contributed by atoms with Crippen LogP contribution in [0.4, 0.5) is 5.82 Å². The number of aromatic nitrogens is 1. The van der Waals surface area contributed by atoms with Crippen molar-refractivity contribution in [2.24, 2.45) is 0 Å². The number of rotatable bonds is 3. The Bertz CT molecular complexity index is 463. The van der Waals surface area contributed by atoms with Crippen LogP contribution in [0.2, 0.25) is 0 Å². The normalized spacial score (nSPS) is 29.3. The minimum atomic E-state index is -0.0462. The molecule has 1 aromatic heterocycles. The van der Waals surface area contributed by atoms with E-state index >= 15 is 0 Å². The molecule has 1 aromatic rings. The van der Waals surface area contributed by atoms with Gasteiger partial charge in [-0.1, -0.05) is 0 Å². The van der Waals surface area contributed by atoms with E-state index in [0.29, 0.717) is 17.5 Å². The Labute approximate surface area is 106 Å². The molecule has 3 atom stereocenters. The Kier molecular flexibility index (Phi) is 2.91. The third-order valence-electron chi connectivity index (χ3n) is 3.70. The van der Waals surface area contributed by atoms with Crippen LogP contribution in [0, 0.1) is 0 Å². The molecule has 3 unspecified atom stereocenters. The van der Waals surface area contributed by atoms with Gasteiger partial charge in [-0.15, -0.1) is 0 Å². The first kappa shape index (κ1) is 11.5. The minimum absolute atomic E-state index is 0.0462. The first-order valence-corrected chi connectivity index (χ1v) is 6.36. The predicted octanol–water partition coefficient (Wildman–Crippen LogP) is 1.17. The van der Waals surface area contributed by atoms with Gasteiger partial charge in [-0.3, -0.25) is 4.79 Å². The zero-order valence-electron chi connectivity index (χ0n) is 10.3. The number of amides is 1. The average molecular weight is 247 g/mol. The molecule has 2 saturated heterocycles. The van der Waals surface area contributed by atoms with Crippen LogP contribution in [0.3, 0.4) is 0 Å². The van der Waals surface area contributed by atoms with E-state index in [1.165, 1.54) is 0 Å². The highest BCUT2D eigenvalue weighted by Gasteiger charge is 2.41. The Morgan fingerprint density at radius 1 is 1.50 bits per heavy atom. The molecule has 2 N–H and O–H groups in total. The molecule has 18 heavy (non-hydrogen) atoms. The first-order valence-electron chi connectivity index (χ1n) is 6.36. The molecular weight excluding hydrogens is 230 g/mol. The Hall–Kier alpha value is -1.62. The lowest BCUT2D eigenvalue weighted by atomic mass is 9.95. The Balaban J connectivity index is 1.67. The molecule has 5 nitrogen and oxygen atoms in total. The second-order valence-electron chi connectivity index (χ2n) is 4.87. The van der Waals surface area contributed by atoms with Crippen LogP contribution in [-0.4, -0.2) is 36.2 Å². The van der Waals surface area contributed by atoms with Crippen molar-refractivity contribution < 1.29 is 9.53 Å². The zero-order chi connectivity index (χ0) is 12.5. The summed E-state index contributed by atoms with van der Waals surface area (Å²) in [7, 11) is 1.79. The Morgan fingerprint density at radius 3 is 3.06 bits per heavy atom. The van der Waals surface area contributed by atoms with Crippen molar-refractivity contribution in [1.29, 1.82) is 0 Å². The molecule has 1 amide bonds. The largest absolute Gasteiger partial charge is 0.373 e. The molecule has 2 aliphatic heterocycles. The minimum Gasteiger partial charge on any atom is -0.373 e. The number of pyridine rings is 1. The summed E-state index contributed by atoms with van der Waals surface area (Å²) in [4.78, 5) is 16.2. The van der Waals surface area contributed by atoms with E-state index < -0.39 is 0 Å². The lowest BCUT2D eigenvalue weighted by Gasteiger charge is -2.20. The van der Waals surface area contributed by atoms with Crippen LogP contribution in [0.5, 0.6) is 0 Å². The van der Waals surface area contributed by atoms with Gasteiger partial charge >= 0.3 is 0 Å². The van der Waals surface area contributed by atoms with Crippen molar-refractivity contribution in [3.63, 3.8) is 0 Å². The van der Waals surface area contributed by atoms with E-state index in [0.717, 1.165) is 19.3 Å². The smallest absolute Gasteiger partial charge is 0.251 e. The average Bonchev–Trinajstić information content (AvgIpc) is 3.01. The van der Waals surface area contributed by atoms with Gasteiger partial charge in [-0.2, -0.15) is 0 Å². The lowest BCUT2D eigenvalue weighted by Crippen LogP contribution is -2.41. The summed E-state index contributed by atoms with van der Waals surface area (Å²) in [5, 5.41) is 5.99. The number of hydrogen-bond acceptors (Lipinski definition) is 4. The van der Waals surface area contributed by atoms with Crippen molar-refractivity contribution in [2.75, 3.05) is 12.4 Å². The summed E-state index contributed by atoms with van der Waals surface area (Å²) in [5.41, 5.74) is 0.636. The molecule has 0 aliphatic carbocycles. The van der Waals surface area contributed by atoms with Crippen molar-refractivity contribution in [1.82, 2.24) is 10.3 Å². The number of carbonyl (C=O) groups is 1. The van der Waals surface area contributed by atoms with Gasteiger partial charge in [0.2, 0.25) is 0 Å². The first-order chi connectivity index (χ1) is 8.76. The van der Waals surface area contributed by atoms with Crippen molar-refractivity contribution in [2.45, 2.75) is 37.5 Å².